The Bertz CT molecular complexity index is 540. The van der Waals surface area contributed by atoms with Crippen LogP contribution in [0, 0.1) is 0 Å². The highest BCUT2D eigenvalue weighted by Crippen LogP contribution is 2.30. The van der Waals surface area contributed by atoms with Gasteiger partial charge < -0.3 is 14.9 Å². The number of hydrogen-bond acceptors (Lipinski definition) is 5. The van der Waals surface area contributed by atoms with E-state index >= 15 is 0 Å². The van der Waals surface area contributed by atoms with E-state index in [0.717, 1.165) is 12.8 Å². The fourth-order valence-electron chi connectivity index (χ4n) is 2.18. The SMILES string of the molecule is CCC(CC)N(CCOC)S(=O)(=O)c1cc(CN)oc1Br. The number of nitrogens with two attached hydrogens (primary N) is 1. The number of halogens is 1. The molecule has 21 heavy (non-hydrogen) atoms. The van der Waals surface area contributed by atoms with E-state index in [1.54, 1.807) is 7.11 Å². The minimum atomic E-state index is -3.66. The van der Waals surface area contributed by atoms with Crippen molar-refractivity contribution in [2.24, 2.45) is 5.73 Å². The molecule has 0 radical (unpaired) electrons. The van der Waals surface area contributed by atoms with E-state index < -0.39 is 10.0 Å². The lowest BCUT2D eigenvalue weighted by atomic mass is 10.2. The number of ether oxygens (including phenoxy) is 1. The lowest BCUT2D eigenvalue weighted by Gasteiger charge is -2.29. The molecule has 0 saturated heterocycles. The van der Waals surface area contributed by atoms with Gasteiger partial charge in [0.2, 0.25) is 10.0 Å². The third-order valence-electron chi connectivity index (χ3n) is 3.36. The van der Waals surface area contributed by atoms with Gasteiger partial charge >= 0.3 is 0 Å². The van der Waals surface area contributed by atoms with Crippen LogP contribution in [0.1, 0.15) is 32.4 Å². The highest BCUT2D eigenvalue weighted by Gasteiger charge is 2.33. The quantitative estimate of drug-likeness (QED) is 0.707. The Balaban J connectivity index is 3.21. The molecule has 0 aliphatic carbocycles. The maximum Gasteiger partial charge on any atom is 0.247 e. The third-order valence-corrected chi connectivity index (χ3v) is 6.17. The van der Waals surface area contributed by atoms with Gasteiger partial charge in [0, 0.05) is 25.8 Å². The van der Waals surface area contributed by atoms with Gasteiger partial charge in [-0.15, -0.1) is 0 Å². The summed E-state index contributed by atoms with van der Waals surface area (Å²) in [7, 11) is -2.11. The molecule has 0 spiro atoms. The van der Waals surface area contributed by atoms with Crippen LogP contribution in [-0.2, 0) is 21.3 Å². The summed E-state index contributed by atoms with van der Waals surface area (Å²) in [6.07, 6.45) is 1.47. The summed E-state index contributed by atoms with van der Waals surface area (Å²) in [5, 5.41) is 0. The van der Waals surface area contributed by atoms with Crippen molar-refractivity contribution in [1.82, 2.24) is 4.31 Å². The topological polar surface area (TPSA) is 85.8 Å². The third kappa shape index (κ3) is 4.29. The van der Waals surface area contributed by atoms with Crippen LogP contribution in [0.2, 0.25) is 0 Å². The Labute approximate surface area is 134 Å². The first-order valence-corrected chi connectivity index (χ1v) is 9.14. The van der Waals surface area contributed by atoms with Gasteiger partial charge in [-0.05, 0) is 28.8 Å². The first-order valence-electron chi connectivity index (χ1n) is 6.91. The summed E-state index contributed by atoms with van der Waals surface area (Å²) in [4.78, 5) is 0.117. The molecule has 8 heteroatoms. The standard InChI is InChI=1S/C13H23BrN2O4S/c1-4-10(5-2)16(6-7-19-3)21(17,18)12-8-11(9-15)20-13(12)14/h8,10H,4-7,9,15H2,1-3H3. The van der Waals surface area contributed by atoms with Crippen molar-refractivity contribution in [2.45, 2.75) is 44.2 Å². The van der Waals surface area contributed by atoms with Gasteiger partial charge in [-0.1, -0.05) is 13.8 Å². The molecule has 0 bridgehead atoms. The molecular formula is C13H23BrN2O4S. The predicted molar refractivity (Wildman–Crippen MR) is 84.4 cm³/mol. The van der Waals surface area contributed by atoms with E-state index in [1.807, 2.05) is 13.8 Å². The summed E-state index contributed by atoms with van der Waals surface area (Å²) in [6.45, 7) is 4.74. The van der Waals surface area contributed by atoms with Gasteiger partial charge in [-0.3, -0.25) is 0 Å². The number of nitrogens with zero attached hydrogens (tertiary/aromatic N) is 1. The Hall–Kier alpha value is -0.410. The first kappa shape index (κ1) is 18.6. The Morgan fingerprint density at radius 1 is 1.43 bits per heavy atom. The molecule has 1 aromatic heterocycles. The minimum absolute atomic E-state index is 0.0757. The predicted octanol–water partition coefficient (Wildman–Crippen LogP) is 2.33. The van der Waals surface area contributed by atoms with Gasteiger partial charge in [-0.25, -0.2) is 8.42 Å². The molecule has 0 aromatic carbocycles. The van der Waals surface area contributed by atoms with E-state index in [9.17, 15) is 8.42 Å². The van der Waals surface area contributed by atoms with E-state index in [1.165, 1.54) is 10.4 Å². The van der Waals surface area contributed by atoms with Crippen molar-refractivity contribution < 1.29 is 17.6 Å². The number of methoxy groups -OCH3 is 1. The van der Waals surface area contributed by atoms with Crippen molar-refractivity contribution >= 4 is 26.0 Å². The first-order chi connectivity index (χ1) is 9.92. The molecule has 1 rings (SSSR count). The molecule has 0 amide bonds. The Morgan fingerprint density at radius 3 is 2.48 bits per heavy atom. The Kier molecular flexibility index (Phi) is 7.35. The van der Waals surface area contributed by atoms with Crippen LogP contribution < -0.4 is 5.73 Å². The van der Waals surface area contributed by atoms with Crippen molar-refractivity contribution in [2.75, 3.05) is 20.3 Å². The summed E-state index contributed by atoms with van der Waals surface area (Å²) >= 11 is 3.16. The van der Waals surface area contributed by atoms with Gasteiger partial charge in [0.05, 0.1) is 13.2 Å². The second kappa shape index (κ2) is 8.28. The molecule has 0 unspecified atom stereocenters. The van der Waals surface area contributed by atoms with Crippen molar-refractivity contribution in [3.8, 4) is 0 Å². The molecule has 0 aliphatic rings. The second-order valence-corrected chi connectivity index (χ2v) is 7.21. The zero-order valence-corrected chi connectivity index (χ0v) is 15.0. The van der Waals surface area contributed by atoms with Crippen LogP contribution in [0.15, 0.2) is 20.0 Å². The maximum atomic E-state index is 12.9. The fraction of sp³-hybridized carbons (Fsp3) is 0.692. The molecule has 1 aromatic rings. The van der Waals surface area contributed by atoms with Crippen molar-refractivity contribution in [3.63, 3.8) is 0 Å². The maximum absolute atomic E-state index is 12.9. The molecule has 1 heterocycles. The molecule has 0 aliphatic heterocycles. The van der Waals surface area contributed by atoms with Crippen molar-refractivity contribution in [1.29, 1.82) is 0 Å². The molecule has 0 fully saturated rings. The second-order valence-electron chi connectivity index (χ2n) is 4.63. The zero-order valence-electron chi connectivity index (χ0n) is 12.6. The van der Waals surface area contributed by atoms with Crippen LogP contribution >= 0.6 is 15.9 Å². The van der Waals surface area contributed by atoms with Crippen LogP contribution in [0.4, 0.5) is 0 Å². The monoisotopic (exact) mass is 382 g/mol. The van der Waals surface area contributed by atoms with Gasteiger partial charge in [-0.2, -0.15) is 4.31 Å². The fourth-order valence-corrected chi connectivity index (χ4v) is 4.90. The molecule has 0 saturated carbocycles. The normalized spacial score (nSPS) is 12.5. The highest BCUT2D eigenvalue weighted by atomic mass is 79.9. The van der Waals surface area contributed by atoms with Crippen LogP contribution in [-0.4, -0.2) is 39.0 Å². The lowest BCUT2D eigenvalue weighted by Crippen LogP contribution is -2.41. The number of rotatable bonds is 9. The number of sulfonamides is 1. The van der Waals surface area contributed by atoms with E-state index in [2.05, 4.69) is 15.9 Å². The highest BCUT2D eigenvalue weighted by molar-refractivity contribution is 9.10. The van der Waals surface area contributed by atoms with Crippen LogP contribution in [0.3, 0.4) is 0 Å². The largest absolute Gasteiger partial charge is 0.452 e. The van der Waals surface area contributed by atoms with E-state index in [-0.39, 0.29) is 22.2 Å². The van der Waals surface area contributed by atoms with Crippen LogP contribution in [0.5, 0.6) is 0 Å². The molecule has 0 atom stereocenters. The van der Waals surface area contributed by atoms with E-state index in [0.29, 0.717) is 18.9 Å². The number of hydrogen-bond donors (Lipinski definition) is 1. The zero-order chi connectivity index (χ0) is 16.0. The molecule has 6 nitrogen and oxygen atoms in total. The van der Waals surface area contributed by atoms with Gasteiger partial charge in [0.1, 0.15) is 10.7 Å². The molecular weight excluding hydrogens is 360 g/mol. The van der Waals surface area contributed by atoms with Crippen LogP contribution in [0.25, 0.3) is 0 Å². The summed E-state index contributed by atoms with van der Waals surface area (Å²) < 4.78 is 37.8. The average Bonchev–Trinajstić information content (AvgIpc) is 2.85. The Morgan fingerprint density at radius 2 is 2.05 bits per heavy atom. The average molecular weight is 383 g/mol. The molecule has 2 N–H and O–H groups in total. The van der Waals surface area contributed by atoms with E-state index in [4.69, 9.17) is 14.9 Å². The summed E-state index contributed by atoms with van der Waals surface area (Å²) in [6, 6.07) is 1.40. The smallest absolute Gasteiger partial charge is 0.247 e. The summed E-state index contributed by atoms with van der Waals surface area (Å²) in [5.74, 6) is 0.427. The van der Waals surface area contributed by atoms with Gasteiger partial charge in [0.15, 0.2) is 4.67 Å². The lowest BCUT2D eigenvalue weighted by molar-refractivity contribution is 0.163. The van der Waals surface area contributed by atoms with Gasteiger partial charge in [0.25, 0.3) is 0 Å². The molecule has 122 valence electrons. The summed E-state index contributed by atoms with van der Waals surface area (Å²) in [5.41, 5.74) is 5.50. The minimum Gasteiger partial charge on any atom is -0.452 e. The number of furan rings is 1. The van der Waals surface area contributed by atoms with Crippen molar-refractivity contribution in [3.05, 3.63) is 16.5 Å².